The number of ether oxygens (including phenoxy) is 2. The second-order valence-corrected chi connectivity index (χ2v) is 24.9. The van der Waals surface area contributed by atoms with Crippen LogP contribution >= 0.6 is 0 Å². The van der Waals surface area contributed by atoms with Crippen molar-refractivity contribution in [1.82, 2.24) is 0 Å². The Morgan fingerprint density at radius 1 is 0.871 bits per heavy atom. The molecular weight excluding hydrogens is 467 g/mol. The summed E-state index contributed by atoms with van der Waals surface area (Å²) >= 11 is 0. The van der Waals surface area contributed by atoms with Crippen LogP contribution in [0.3, 0.4) is 0 Å². The van der Waals surface area contributed by atoms with E-state index in [1.807, 2.05) is 58.9 Å². The molecule has 0 aliphatic rings. The number of hydrogen-bond donors (Lipinski definition) is 1. The molecule has 0 spiro atoms. The van der Waals surface area contributed by atoms with Crippen molar-refractivity contribution in [2.24, 2.45) is 5.73 Å². The number of primary amides is 1. The van der Waals surface area contributed by atoms with Gasteiger partial charge in [0.1, 0.15) is 0 Å². The lowest BCUT2D eigenvalue weighted by molar-refractivity contribution is -0.417. The molecule has 0 aliphatic heterocycles. The van der Waals surface area contributed by atoms with Crippen molar-refractivity contribution in [1.29, 1.82) is 0 Å². The SMILES string of the molecule is C=C(C)C(=O)OC(CCC[SiH3])(O[Si](C)(C)C)C(OC(N)=O)(O[Si](C)(C)C)O[Si](C)(C)C. The van der Waals surface area contributed by atoms with Gasteiger partial charge in [-0.05, 0) is 72.3 Å². The van der Waals surface area contributed by atoms with Crippen molar-refractivity contribution in [2.75, 3.05) is 0 Å². The van der Waals surface area contributed by atoms with Crippen LogP contribution in [-0.2, 0) is 27.5 Å². The highest BCUT2D eigenvalue weighted by atomic mass is 28.4. The number of rotatable bonds is 13. The predicted octanol–water partition coefficient (Wildman–Crippen LogP) is 3.67. The van der Waals surface area contributed by atoms with Gasteiger partial charge in [-0.2, -0.15) is 0 Å². The topological polar surface area (TPSA) is 106 Å². The predicted molar refractivity (Wildman–Crippen MR) is 134 cm³/mol. The van der Waals surface area contributed by atoms with E-state index in [0.29, 0.717) is 6.42 Å². The third-order valence-corrected chi connectivity index (χ3v) is 6.93. The molecule has 0 aromatic heterocycles. The number of nitrogens with two attached hydrogens (primary N) is 1. The maximum absolute atomic E-state index is 12.8. The molecule has 1 amide bonds. The molecule has 0 radical (unpaired) electrons. The fraction of sp³-hybridized carbons (Fsp3) is 0.789. The fourth-order valence-electron chi connectivity index (χ4n) is 2.78. The fourth-order valence-corrected chi connectivity index (χ4v) is 6.56. The monoisotopic (exact) mass is 509 g/mol. The Balaban J connectivity index is 7.23. The van der Waals surface area contributed by atoms with E-state index in [0.717, 1.165) is 16.3 Å². The van der Waals surface area contributed by atoms with E-state index in [-0.39, 0.29) is 12.0 Å². The maximum atomic E-state index is 12.8. The van der Waals surface area contributed by atoms with Gasteiger partial charge in [-0.3, -0.25) is 0 Å². The number of carbonyl (C=O) groups excluding carboxylic acids is 2. The van der Waals surface area contributed by atoms with Crippen molar-refractivity contribution < 1.29 is 32.3 Å². The molecule has 12 heteroatoms. The Kier molecular flexibility index (Phi) is 10.6. The lowest BCUT2D eigenvalue weighted by Crippen LogP contribution is -2.70. The first-order chi connectivity index (χ1) is 13.7. The third kappa shape index (κ3) is 10.6. The van der Waals surface area contributed by atoms with E-state index in [4.69, 9.17) is 28.5 Å². The molecule has 2 N–H and O–H groups in total. The van der Waals surface area contributed by atoms with E-state index < -0.39 is 48.8 Å². The third-order valence-electron chi connectivity index (χ3n) is 3.52. The van der Waals surface area contributed by atoms with Crippen molar-refractivity contribution in [3.05, 3.63) is 12.2 Å². The van der Waals surface area contributed by atoms with Gasteiger partial charge in [-0.1, -0.05) is 12.6 Å². The minimum Gasteiger partial charge on any atom is -0.420 e. The van der Waals surface area contributed by atoms with Crippen LogP contribution in [0.5, 0.6) is 0 Å². The van der Waals surface area contributed by atoms with Crippen LogP contribution in [0.15, 0.2) is 12.2 Å². The van der Waals surface area contributed by atoms with E-state index in [9.17, 15) is 9.59 Å². The van der Waals surface area contributed by atoms with Gasteiger partial charge in [-0.15, -0.1) is 0 Å². The van der Waals surface area contributed by atoms with Gasteiger partial charge < -0.3 is 28.5 Å². The summed E-state index contributed by atoms with van der Waals surface area (Å²) in [6.45, 7) is 22.6. The molecule has 0 aromatic carbocycles. The molecule has 0 heterocycles. The number of hydrogen-bond acceptors (Lipinski definition) is 7. The number of amides is 1. The Morgan fingerprint density at radius 2 is 1.29 bits per heavy atom. The molecule has 0 aromatic rings. The van der Waals surface area contributed by atoms with Crippen molar-refractivity contribution >= 4 is 47.3 Å². The summed E-state index contributed by atoms with van der Waals surface area (Å²) in [6, 6.07) is 0.911. The normalized spacial score (nSPS) is 15.3. The van der Waals surface area contributed by atoms with Gasteiger partial charge in [0.05, 0.1) is 0 Å². The quantitative estimate of drug-likeness (QED) is 0.175. The Morgan fingerprint density at radius 3 is 1.58 bits per heavy atom. The van der Waals surface area contributed by atoms with Gasteiger partial charge in [-0.25, -0.2) is 9.59 Å². The number of carbonyl (C=O) groups is 2. The minimum atomic E-state index is -2.47. The minimum absolute atomic E-state index is 0.184. The van der Waals surface area contributed by atoms with Crippen molar-refractivity contribution in [3.8, 4) is 0 Å². The smallest absolute Gasteiger partial charge is 0.408 e. The zero-order valence-electron chi connectivity index (χ0n) is 21.3. The first-order valence-electron chi connectivity index (χ1n) is 10.7. The van der Waals surface area contributed by atoms with E-state index >= 15 is 0 Å². The molecule has 0 aliphatic carbocycles. The largest absolute Gasteiger partial charge is 0.420 e. The average Bonchev–Trinajstić information content (AvgIpc) is 2.46. The lowest BCUT2D eigenvalue weighted by Gasteiger charge is -2.52. The zero-order valence-corrected chi connectivity index (χ0v) is 26.3. The maximum Gasteiger partial charge on any atom is 0.408 e. The summed E-state index contributed by atoms with van der Waals surface area (Å²) in [5.41, 5.74) is 5.69. The standard InChI is InChI=1S/C19H43NO7Si4/c1-15(2)16(21)23-18(13-12-14-28,25-29(3,4)5)19(24-17(20)22,26-30(6,7)8)27-31(9,10)11/h1,12-14H2,2-11,28H3,(H2,20,22). The Bertz CT molecular complexity index is 637. The van der Waals surface area contributed by atoms with Gasteiger partial charge >= 0.3 is 18.0 Å². The summed E-state index contributed by atoms with van der Waals surface area (Å²) in [5.74, 6) is -4.63. The highest BCUT2D eigenvalue weighted by molar-refractivity contribution is 6.71. The van der Waals surface area contributed by atoms with Gasteiger partial charge in [0.25, 0.3) is 5.79 Å². The summed E-state index contributed by atoms with van der Waals surface area (Å²) in [4.78, 5) is 25.0. The summed E-state index contributed by atoms with van der Waals surface area (Å²) in [6.07, 6.45) is -0.215. The van der Waals surface area contributed by atoms with Crippen LogP contribution in [-0.4, -0.2) is 59.0 Å². The Hall–Kier alpha value is -0.772. The van der Waals surface area contributed by atoms with Crippen LogP contribution in [0.1, 0.15) is 19.8 Å². The number of esters is 1. The van der Waals surface area contributed by atoms with Gasteiger partial charge in [0.15, 0.2) is 25.0 Å². The molecule has 8 nitrogen and oxygen atoms in total. The molecular formula is C19H43NO7Si4. The highest BCUT2D eigenvalue weighted by Crippen LogP contribution is 2.44. The summed E-state index contributed by atoms with van der Waals surface area (Å²) < 4.78 is 31.0. The average molecular weight is 510 g/mol. The highest BCUT2D eigenvalue weighted by Gasteiger charge is 2.66. The van der Waals surface area contributed by atoms with Crippen molar-refractivity contribution in [2.45, 2.75) is 96.5 Å². The van der Waals surface area contributed by atoms with Crippen LogP contribution < -0.4 is 5.73 Å². The molecule has 0 saturated carbocycles. The molecule has 1 atom stereocenters. The van der Waals surface area contributed by atoms with Crippen LogP contribution in [0.4, 0.5) is 4.79 Å². The van der Waals surface area contributed by atoms with E-state index in [1.165, 1.54) is 0 Å². The van der Waals surface area contributed by atoms with Gasteiger partial charge in [0.2, 0.25) is 0 Å². The van der Waals surface area contributed by atoms with Crippen molar-refractivity contribution in [3.63, 3.8) is 0 Å². The van der Waals surface area contributed by atoms with E-state index in [2.05, 4.69) is 6.58 Å². The molecule has 182 valence electrons. The first kappa shape index (κ1) is 30.2. The van der Waals surface area contributed by atoms with E-state index in [1.54, 1.807) is 6.92 Å². The molecule has 0 fully saturated rings. The zero-order chi connectivity index (χ0) is 24.9. The summed E-state index contributed by atoms with van der Waals surface area (Å²) in [5, 5.41) is 0. The molecule has 1 unspecified atom stereocenters. The Labute approximate surface area is 194 Å². The molecule has 0 rings (SSSR count). The second kappa shape index (κ2) is 10.9. The molecule has 31 heavy (non-hydrogen) atoms. The molecule has 0 bridgehead atoms. The summed E-state index contributed by atoms with van der Waals surface area (Å²) in [7, 11) is -6.41. The molecule has 0 saturated heterocycles. The van der Waals surface area contributed by atoms with Crippen LogP contribution in [0.2, 0.25) is 65.0 Å². The first-order valence-corrected chi connectivity index (χ1v) is 22.3. The lowest BCUT2D eigenvalue weighted by atomic mass is 10.1. The van der Waals surface area contributed by atoms with Crippen LogP contribution in [0.25, 0.3) is 0 Å². The van der Waals surface area contributed by atoms with Gasteiger partial charge in [0, 0.05) is 22.2 Å². The van der Waals surface area contributed by atoms with Crippen LogP contribution in [0, 0.1) is 0 Å². The second-order valence-electron chi connectivity index (χ2n) is 10.6.